The molecule has 17 heteroatoms. The number of carboxylic acids is 2. The predicted octanol–water partition coefficient (Wildman–Crippen LogP) is 3.40. The van der Waals surface area contributed by atoms with Crippen LogP contribution in [-0.2, 0) is 29.2 Å². The highest BCUT2D eigenvalue weighted by atomic mass is 19.4. The number of aliphatic carboxylic acids is 2. The molecule has 4 heterocycles. The van der Waals surface area contributed by atoms with E-state index in [2.05, 4.69) is 44.0 Å². The fraction of sp³-hybridized carbons (Fsp3) is 0.409. The van der Waals surface area contributed by atoms with Crippen molar-refractivity contribution < 1.29 is 50.9 Å². The summed E-state index contributed by atoms with van der Waals surface area (Å²) >= 11 is 0. The van der Waals surface area contributed by atoms with Crippen molar-refractivity contribution in [2.45, 2.75) is 45.0 Å². The molecule has 4 rings (SSSR count). The molecule has 0 aromatic carbocycles. The van der Waals surface area contributed by atoms with Crippen molar-refractivity contribution in [2.75, 3.05) is 13.2 Å². The number of hydrogen-bond acceptors (Lipinski definition) is 7. The van der Waals surface area contributed by atoms with Crippen molar-refractivity contribution >= 4 is 11.9 Å². The zero-order valence-corrected chi connectivity index (χ0v) is 20.3. The van der Waals surface area contributed by atoms with Gasteiger partial charge in [0.05, 0.1) is 17.9 Å². The van der Waals surface area contributed by atoms with Gasteiger partial charge < -0.3 is 14.9 Å². The van der Waals surface area contributed by atoms with Crippen LogP contribution in [-0.4, -0.2) is 77.1 Å². The van der Waals surface area contributed by atoms with Crippen LogP contribution in [0.15, 0.2) is 49.1 Å². The van der Waals surface area contributed by atoms with Gasteiger partial charge in [0.1, 0.15) is 6.61 Å². The lowest BCUT2D eigenvalue weighted by atomic mass is 10.2. The number of carbonyl (C=O) groups is 2. The van der Waals surface area contributed by atoms with Gasteiger partial charge in [-0.3, -0.25) is 14.3 Å². The molecule has 0 saturated heterocycles. The first-order valence-electron chi connectivity index (χ1n) is 11.1. The Morgan fingerprint density at radius 2 is 1.67 bits per heavy atom. The van der Waals surface area contributed by atoms with Crippen LogP contribution in [0.4, 0.5) is 26.3 Å². The molecular weight excluding hydrogens is 542 g/mol. The normalized spacial score (nSPS) is 15.2. The summed E-state index contributed by atoms with van der Waals surface area (Å²) in [6.45, 7) is 6.20. The SMILES string of the molecule is CCn1cc(CN2Cc3ccnn3C(COc3ccccn3)C2)cn1.O=C(O)C(F)(F)F.O=C(O)C(F)(F)F. The van der Waals surface area contributed by atoms with E-state index >= 15 is 0 Å². The summed E-state index contributed by atoms with van der Waals surface area (Å²) in [5.41, 5.74) is 2.45. The molecule has 3 aromatic heterocycles. The van der Waals surface area contributed by atoms with E-state index in [9.17, 15) is 26.3 Å². The minimum Gasteiger partial charge on any atom is -0.475 e. The van der Waals surface area contributed by atoms with Crippen molar-refractivity contribution in [1.29, 1.82) is 0 Å². The van der Waals surface area contributed by atoms with E-state index in [1.54, 1.807) is 6.20 Å². The molecule has 0 bridgehead atoms. The summed E-state index contributed by atoms with van der Waals surface area (Å²) in [6, 6.07) is 7.94. The lowest BCUT2D eigenvalue weighted by Gasteiger charge is -2.33. The lowest BCUT2D eigenvalue weighted by molar-refractivity contribution is -0.193. The molecular formula is C22H24F6N6O5. The van der Waals surface area contributed by atoms with E-state index in [-0.39, 0.29) is 6.04 Å². The van der Waals surface area contributed by atoms with E-state index < -0.39 is 24.3 Å². The second-order valence-corrected chi connectivity index (χ2v) is 7.88. The van der Waals surface area contributed by atoms with Crippen LogP contribution in [0.1, 0.15) is 24.2 Å². The van der Waals surface area contributed by atoms with Gasteiger partial charge in [0.2, 0.25) is 5.88 Å². The maximum atomic E-state index is 10.6. The Balaban J connectivity index is 0.000000317. The Labute approximate surface area is 217 Å². The Bertz CT molecular complexity index is 1170. The highest BCUT2D eigenvalue weighted by molar-refractivity contribution is 5.73. The zero-order valence-electron chi connectivity index (χ0n) is 20.3. The Hall–Kier alpha value is -4.15. The smallest absolute Gasteiger partial charge is 0.475 e. The van der Waals surface area contributed by atoms with Gasteiger partial charge in [-0.25, -0.2) is 14.6 Å². The third kappa shape index (κ3) is 10.3. The van der Waals surface area contributed by atoms with Crippen LogP contribution < -0.4 is 4.74 Å². The van der Waals surface area contributed by atoms with Gasteiger partial charge >= 0.3 is 24.3 Å². The molecule has 214 valence electrons. The number of fused-ring (bicyclic) bond motifs is 1. The minimum atomic E-state index is -5.08. The zero-order chi connectivity index (χ0) is 29.2. The average molecular weight is 566 g/mol. The summed E-state index contributed by atoms with van der Waals surface area (Å²) in [4.78, 5) is 24.4. The molecule has 0 radical (unpaired) electrons. The Morgan fingerprint density at radius 3 is 2.18 bits per heavy atom. The number of nitrogens with zero attached hydrogens (tertiary/aromatic N) is 6. The van der Waals surface area contributed by atoms with E-state index in [1.807, 2.05) is 35.3 Å². The van der Waals surface area contributed by atoms with E-state index in [0.29, 0.717) is 12.5 Å². The molecule has 1 atom stereocenters. The van der Waals surface area contributed by atoms with Gasteiger partial charge in [0.15, 0.2) is 0 Å². The number of hydrogen-bond donors (Lipinski definition) is 2. The number of pyridine rings is 1. The summed E-state index contributed by atoms with van der Waals surface area (Å²) in [7, 11) is 0. The average Bonchev–Trinajstić information content (AvgIpc) is 3.52. The second-order valence-electron chi connectivity index (χ2n) is 7.88. The van der Waals surface area contributed by atoms with Gasteiger partial charge in [0.25, 0.3) is 0 Å². The second kappa shape index (κ2) is 13.6. The summed E-state index contributed by atoms with van der Waals surface area (Å²) in [6.07, 6.45) is -2.49. The molecule has 3 aromatic rings. The third-order valence-corrected chi connectivity index (χ3v) is 4.92. The van der Waals surface area contributed by atoms with Crippen LogP contribution >= 0.6 is 0 Å². The van der Waals surface area contributed by atoms with Crippen molar-refractivity contribution in [3.63, 3.8) is 0 Å². The standard InChI is InChI=1S/C18H22N6O.2C2HF3O2/c1-2-23-11-15(9-21-23)10-22-12-16-6-8-20-24(16)17(13-22)14-25-18-5-3-4-7-19-18;2*3-2(4,5)1(6)7/h3-9,11,17H,2,10,12-14H2,1H3;2*(H,6,7). The van der Waals surface area contributed by atoms with Gasteiger partial charge in [-0.15, -0.1) is 0 Å². The summed E-state index contributed by atoms with van der Waals surface area (Å²) < 4.78 is 73.4. The van der Waals surface area contributed by atoms with Crippen LogP contribution in [0.3, 0.4) is 0 Å². The quantitative estimate of drug-likeness (QED) is 0.431. The number of rotatable bonds is 6. The highest BCUT2D eigenvalue weighted by Gasteiger charge is 2.38. The van der Waals surface area contributed by atoms with Gasteiger partial charge in [0, 0.05) is 56.4 Å². The topological polar surface area (TPSA) is 136 Å². The molecule has 0 amide bonds. The third-order valence-electron chi connectivity index (χ3n) is 4.92. The van der Waals surface area contributed by atoms with Crippen LogP contribution in [0.25, 0.3) is 0 Å². The van der Waals surface area contributed by atoms with Crippen LogP contribution in [0, 0.1) is 0 Å². The van der Waals surface area contributed by atoms with Gasteiger partial charge in [-0.05, 0) is 19.1 Å². The molecule has 1 aliphatic rings. The molecule has 0 fully saturated rings. The Morgan fingerprint density at radius 1 is 1.03 bits per heavy atom. The maximum Gasteiger partial charge on any atom is 0.490 e. The first kappa shape index (κ1) is 31.1. The molecule has 0 spiro atoms. The molecule has 39 heavy (non-hydrogen) atoms. The van der Waals surface area contributed by atoms with Crippen molar-refractivity contribution in [1.82, 2.24) is 29.4 Å². The molecule has 11 nitrogen and oxygen atoms in total. The molecule has 0 saturated carbocycles. The van der Waals surface area contributed by atoms with Crippen molar-refractivity contribution in [3.8, 4) is 5.88 Å². The highest BCUT2D eigenvalue weighted by Crippen LogP contribution is 2.23. The number of aryl methyl sites for hydroxylation is 1. The monoisotopic (exact) mass is 566 g/mol. The van der Waals surface area contributed by atoms with Gasteiger partial charge in [-0.2, -0.15) is 36.5 Å². The molecule has 0 aliphatic carbocycles. The fourth-order valence-corrected chi connectivity index (χ4v) is 3.24. The fourth-order valence-electron chi connectivity index (χ4n) is 3.24. The first-order chi connectivity index (χ1) is 18.2. The van der Waals surface area contributed by atoms with E-state index in [1.165, 1.54) is 11.3 Å². The number of ether oxygens (including phenoxy) is 1. The first-order valence-corrected chi connectivity index (χ1v) is 11.1. The minimum absolute atomic E-state index is 0.168. The van der Waals surface area contributed by atoms with E-state index in [4.69, 9.17) is 24.5 Å². The van der Waals surface area contributed by atoms with Crippen molar-refractivity contribution in [2.24, 2.45) is 0 Å². The number of carboxylic acid groups (broad SMARTS) is 2. The van der Waals surface area contributed by atoms with Crippen LogP contribution in [0.5, 0.6) is 5.88 Å². The molecule has 2 N–H and O–H groups in total. The van der Waals surface area contributed by atoms with Crippen molar-refractivity contribution in [3.05, 3.63) is 60.3 Å². The largest absolute Gasteiger partial charge is 0.490 e. The Kier molecular flexibility index (Phi) is 10.8. The maximum absolute atomic E-state index is 10.6. The van der Waals surface area contributed by atoms with Gasteiger partial charge in [-0.1, -0.05) is 6.07 Å². The molecule has 1 aliphatic heterocycles. The number of aromatic nitrogens is 5. The lowest BCUT2D eigenvalue weighted by Crippen LogP contribution is -2.39. The predicted molar refractivity (Wildman–Crippen MR) is 120 cm³/mol. The van der Waals surface area contributed by atoms with E-state index in [0.717, 1.165) is 26.2 Å². The number of halogens is 6. The summed E-state index contributed by atoms with van der Waals surface area (Å²) in [5.74, 6) is -4.86. The summed E-state index contributed by atoms with van der Waals surface area (Å²) in [5, 5.41) is 23.1. The van der Waals surface area contributed by atoms with Crippen LogP contribution in [0.2, 0.25) is 0 Å². The number of alkyl halides is 6. The molecule has 1 unspecified atom stereocenters.